The molecule has 0 aliphatic carbocycles. The van der Waals surface area contributed by atoms with Crippen LogP contribution in [-0.2, 0) is 0 Å². The molecule has 0 radical (unpaired) electrons. The molecule has 0 bridgehead atoms. The van der Waals surface area contributed by atoms with Crippen molar-refractivity contribution in [3.05, 3.63) is 11.5 Å². The summed E-state index contributed by atoms with van der Waals surface area (Å²) in [6.45, 7) is 7.64. The van der Waals surface area contributed by atoms with Gasteiger partial charge in [-0.1, -0.05) is 0 Å². The summed E-state index contributed by atoms with van der Waals surface area (Å²) in [5.74, 6) is 1.28. The lowest BCUT2D eigenvalue weighted by Crippen LogP contribution is -2.29. The van der Waals surface area contributed by atoms with E-state index in [2.05, 4.69) is 34.0 Å². The van der Waals surface area contributed by atoms with Crippen LogP contribution in [0.2, 0.25) is 5.28 Å². The number of nitrogens with zero attached hydrogens (tertiary/aromatic N) is 3. The summed E-state index contributed by atoms with van der Waals surface area (Å²) in [6.07, 6.45) is 2.75. The summed E-state index contributed by atoms with van der Waals surface area (Å²) in [5.41, 5.74) is 6.33. The average Bonchev–Trinajstić information content (AvgIpc) is 2.79. The molecule has 0 spiro atoms. The first-order valence-corrected chi connectivity index (χ1v) is 6.70. The predicted octanol–water partition coefficient (Wildman–Crippen LogP) is 1.85. The van der Waals surface area contributed by atoms with Gasteiger partial charge in [0.25, 0.3) is 0 Å². The molecule has 6 heteroatoms. The average molecular weight is 270 g/mol. The van der Waals surface area contributed by atoms with Crippen LogP contribution in [0.5, 0.6) is 0 Å². The van der Waals surface area contributed by atoms with Crippen LogP contribution in [0.25, 0.3) is 0 Å². The van der Waals surface area contributed by atoms with Gasteiger partial charge in [-0.2, -0.15) is 4.98 Å². The Kier molecular flexibility index (Phi) is 4.24. The van der Waals surface area contributed by atoms with Crippen LogP contribution in [0.15, 0.2) is 6.20 Å². The van der Waals surface area contributed by atoms with Crippen molar-refractivity contribution >= 4 is 23.1 Å². The van der Waals surface area contributed by atoms with Crippen molar-refractivity contribution in [3.8, 4) is 0 Å². The lowest BCUT2D eigenvalue weighted by molar-refractivity contribution is 0.266. The number of nitrogens with one attached hydrogen (secondary N) is 1. The van der Waals surface area contributed by atoms with Crippen LogP contribution in [0.4, 0.5) is 11.5 Å². The molecule has 100 valence electrons. The van der Waals surface area contributed by atoms with E-state index in [-0.39, 0.29) is 5.28 Å². The molecule has 0 amide bonds. The number of nitrogen functional groups attached to an aromatic ring is 1. The summed E-state index contributed by atoms with van der Waals surface area (Å²) in [7, 11) is 0. The third kappa shape index (κ3) is 3.23. The molecule has 1 unspecified atom stereocenters. The minimum absolute atomic E-state index is 0.224. The van der Waals surface area contributed by atoms with Crippen LogP contribution in [0, 0.1) is 5.92 Å². The van der Waals surface area contributed by atoms with E-state index < -0.39 is 0 Å². The number of hydrogen-bond donors (Lipinski definition) is 2. The first-order valence-electron chi connectivity index (χ1n) is 6.32. The van der Waals surface area contributed by atoms with Gasteiger partial charge in [0.15, 0.2) is 5.82 Å². The highest BCUT2D eigenvalue weighted by atomic mass is 35.5. The third-order valence-electron chi connectivity index (χ3n) is 3.39. The third-order valence-corrected chi connectivity index (χ3v) is 3.58. The number of rotatable bonds is 4. The number of anilines is 2. The summed E-state index contributed by atoms with van der Waals surface area (Å²) >= 11 is 5.75. The Morgan fingerprint density at radius 2 is 2.39 bits per heavy atom. The molecular weight excluding hydrogens is 250 g/mol. The van der Waals surface area contributed by atoms with Crippen LogP contribution >= 0.6 is 11.6 Å². The number of hydrogen-bond acceptors (Lipinski definition) is 5. The van der Waals surface area contributed by atoms with Gasteiger partial charge in [-0.15, -0.1) is 0 Å². The number of likely N-dealkylation sites (tertiary alicyclic amines) is 1. The van der Waals surface area contributed by atoms with Crippen molar-refractivity contribution in [2.45, 2.75) is 26.3 Å². The normalized spacial score (nSPS) is 20.6. The second-order valence-electron chi connectivity index (χ2n) is 5.07. The van der Waals surface area contributed by atoms with Gasteiger partial charge in [0.1, 0.15) is 0 Å². The van der Waals surface area contributed by atoms with Crippen molar-refractivity contribution in [3.63, 3.8) is 0 Å². The Morgan fingerprint density at radius 3 is 3.06 bits per heavy atom. The summed E-state index contributed by atoms with van der Waals surface area (Å²) < 4.78 is 0. The van der Waals surface area contributed by atoms with Gasteiger partial charge >= 0.3 is 0 Å². The van der Waals surface area contributed by atoms with Crippen molar-refractivity contribution in [1.82, 2.24) is 14.9 Å². The predicted molar refractivity (Wildman–Crippen MR) is 74.8 cm³/mol. The Hall–Kier alpha value is -1.07. The summed E-state index contributed by atoms with van der Waals surface area (Å²) in [6, 6.07) is 0.619. The Morgan fingerprint density at radius 1 is 1.61 bits per heavy atom. The standard InChI is InChI=1S/C12H20ClN5/c1-8(2)18-4-3-9(7-18)5-15-11-10(14)6-16-12(13)17-11/h6,8-9H,3-5,7,14H2,1-2H3,(H,15,16,17). The first kappa shape index (κ1) is 13.4. The highest BCUT2D eigenvalue weighted by Gasteiger charge is 2.24. The van der Waals surface area contributed by atoms with Crippen molar-refractivity contribution in [2.75, 3.05) is 30.7 Å². The van der Waals surface area contributed by atoms with Crippen LogP contribution in [0.3, 0.4) is 0 Å². The van der Waals surface area contributed by atoms with E-state index in [1.807, 2.05) is 0 Å². The molecule has 1 fully saturated rings. The smallest absolute Gasteiger partial charge is 0.224 e. The fourth-order valence-electron chi connectivity index (χ4n) is 2.25. The summed E-state index contributed by atoms with van der Waals surface area (Å²) in [4.78, 5) is 10.4. The van der Waals surface area contributed by atoms with E-state index in [1.165, 1.54) is 19.2 Å². The highest BCUT2D eigenvalue weighted by Crippen LogP contribution is 2.21. The molecule has 18 heavy (non-hydrogen) atoms. The molecular formula is C12H20ClN5. The largest absolute Gasteiger partial charge is 0.394 e. The molecule has 2 heterocycles. The number of nitrogens with two attached hydrogens (primary N) is 1. The maximum atomic E-state index is 5.79. The van der Waals surface area contributed by atoms with E-state index in [9.17, 15) is 0 Å². The molecule has 3 N–H and O–H groups in total. The maximum absolute atomic E-state index is 5.79. The van der Waals surface area contributed by atoms with E-state index in [0.717, 1.165) is 13.1 Å². The molecule has 1 aromatic heterocycles. The minimum atomic E-state index is 0.224. The zero-order valence-electron chi connectivity index (χ0n) is 10.9. The first-order chi connectivity index (χ1) is 8.56. The second-order valence-corrected chi connectivity index (χ2v) is 5.41. The minimum Gasteiger partial charge on any atom is -0.394 e. The maximum Gasteiger partial charge on any atom is 0.224 e. The van der Waals surface area contributed by atoms with E-state index in [0.29, 0.717) is 23.5 Å². The fourth-order valence-corrected chi connectivity index (χ4v) is 2.38. The Labute approximate surface area is 113 Å². The molecule has 0 aromatic carbocycles. The zero-order chi connectivity index (χ0) is 13.1. The molecule has 1 aliphatic rings. The monoisotopic (exact) mass is 269 g/mol. The molecule has 1 aliphatic heterocycles. The number of halogens is 1. The van der Waals surface area contributed by atoms with Crippen molar-refractivity contribution < 1.29 is 0 Å². The topological polar surface area (TPSA) is 67.1 Å². The van der Waals surface area contributed by atoms with Crippen LogP contribution < -0.4 is 11.1 Å². The molecule has 2 rings (SSSR count). The molecule has 0 saturated carbocycles. The fraction of sp³-hybridized carbons (Fsp3) is 0.667. The van der Waals surface area contributed by atoms with Crippen molar-refractivity contribution in [1.29, 1.82) is 0 Å². The van der Waals surface area contributed by atoms with Crippen molar-refractivity contribution in [2.24, 2.45) is 5.92 Å². The van der Waals surface area contributed by atoms with Gasteiger partial charge < -0.3 is 16.0 Å². The van der Waals surface area contributed by atoms with Gasteiger partial charge in [0.05, 0.1) is 11.9 Å². The SMILES string of the molecule is CC(C)N1CCC(CNc2nc(Cl)ncc2N)C1. The van der Waals surface area contributed by atoms with Crippen LogP contribution in [-0.4, -0.2) is 40.5 Å². The van der Waals surface area contributed by atoms with Gasteiger partial charge in [-0.25, -0.2) is 4.98 Å². The molecule has 5 nitrogen and oxygen atoms in total. The van der Waals surface area contributed by atoms with Crippen LogP contribution in [0.1, 0.15) is 20.3 Å². The number of aromatic nitrogens is 2. The Balaban J connectivity index is 1.87. The second kappa shape index (κ2) is 5.71. The molecule has 1 saturated heterocycles. The van der Waals surface area contributed by atoms with Gasteiger partial charge in [0.2, 0.25) is 5.28 Å². The van der Waals surface area contributed by atoms with E-state index >= 15 is 0 Å². The summed E-state index contributed by atoms with van der Waals surface area (Å²) in [5, 5.41) is 3.49. The lowest BCUT2D eigenvalue weighted by atomic mass is 10.1. The zero-order valence-corrected chi connectivity index (χ0v) is 11.6. The van der Waals surface area contributed by atoms with E-state index in [4.69, 9.17) is 17.3 Å². The van der Waals surface area contributed by atoms with E-state index in [1.54, 1.807) is 0 Å². The van der Waals surface area contributed by atoms with Gasteiger partial charge in [0, 0.05) is 19.1 Å². The quantitative estimate of drug-likeness (QED) is 0.817. The lowest BCUT2D eigenvalue weighted by Gasteiger charge is -2.20. The Bertz CT molecular complexity index is 409. The molecule has 1 atom stereocenters. The van der Waals surface area contributed by atoms with Gasteiger partial charge in [-0.05, 0) is 44.3 Å². The van der Waals surface area contributed by atoms with Gasteiger partial charge in [-0.3, -0.25) is 0 Å². The highest BCUT2D eigenvalue weighted by molar-refractivity contribution is 6.28. The molecule has 1 aromatic rings.